The number of azide groups is 1. The van der Waals surface area contributed by atoms with Crippen LogP contribution in [-0.2, 0) is 0 Å². The smallest absolute Gasteiger partial charge is 0.0527 e. The number of unbranched alkanes of at least 4 members (excludes halogenated alkanes) is 1. The molecule has 1 fully saturated rings. The van der Waals surface area contributed by atoms with Crippen LogP contribution in [0.3, 0.4) is 0 Å². The van der Waals surface area contributed by atoms with Crippen molar-refractivity contribution in [2.75, 3.05) is 6.54 Å². The summed E-state index contributed by atoms with van der Waals surface area (Å²) in [5.74, 6) is 0. The van der Waals surface area contributed by atoms with Gasteiger partial charge in [0.2, 0.25) is 0 Å². The van der Waals surface area contributed by atoms with Crippen molar-refractivity contribution in [3.05, 3.63) is 10.4 Å². The van der Waals surface area contributed by atoms with E-state index in [1.54, 1.807) is 0 Å². The third kappa shape index (κ3) is 3.56. The summed E-state index contributed by atoms with van der Waals surface area (Å²) in [6.07, 6.45) is 7.10. The van der Waals surface area contributed by atoms with Crippen LogP contribution in [0.5, 0.6) is 0 Å². The van der Waals surface area contributed by atoms with Gasteiger partial charge in [-0.2, -0.15) is 0 Å². The van der Waals surface area contributed by atoms with Gasteiger partial charge < -0.3 is 5.32 Å². The molecule has 4 nitrogen and oxygen atoms in total. The summed E-state index contributed by atoms with van der Waals surface area (Å²) in [5, 5.41) is 7.35. The Morgan fingerprint density at radius 1 is 1.43 bits per heavy atom. The maximum absolute atomic E-state index is 8.44. The highest BCUT2D eigenvalue weighted by molar-refractivity contribution is 4.86. The maximum atomic E-state index is 8.44. The van der Waals surface area contributed by atoms with Gasteiger partial charge in [0.1, 0.15) is 0 Å². The molecule has 1 saturated carbocycles. The third-order valence-electron chi connectivity index (χ3n) is 2.87. The second-order valence-electron chi connectivity index (χ2n) is 3.97. The van der Waals surface area contributed by atoms with Gasteiger partial charge in [0, 0.05) is 11.0 Å². The molecule has 0 saturated heterocycles. The van der Waals surface area contributed by atoms with Gasteiger partial charge in [0.15, 0.2) is 0 Å². The highest BCUT2D eigenvalue weighted by Gasteiger charge is 2.22. The van der Waals surface area contributed by atoms with Crippen molar-refractivity contribution < 1.29 is 0 Å². The van der Waals surface area contributed by atoms with E-state index in [4.69, 9.17) is 5.53 Å². The first-order valence-corrected chi connectivity index (χ1v) is 5.66. The van der Waals surface area contributed by atoms with Gasteiger partial charge in [-0.25, -0.2) is 0 Å². The molecule has 0 aromatic rings. The van der Waals surface area contributed by atoms with Gasteiger partial charge in [-0.1, -0.05) is 31.3 Å². The average Bonchev–Trinajstić information content (AvgIpc) is 2.21. The van der Waals surface area contributed by atoms with Crippen LogP contribution in [-0.4, -0.2) is 18.6 Å². The zero-order valence-electron chi connectivity index (χ0n) is 8.95. The highest BCUT2D eigenvalue weighted by Crippen LogP contribution is 2.21. The lowest BCUT2D eigenvalue weighted by molar-refractivity contribution is 0.326. The van der Waals surface area contributed by atoms with E-state index in [-0.39, 0.29) is 6.04 Å². The van der Waals surface area contributed by atoms with Crippen LogP contribution in [0, 0.1) is 0 Å². The summed E-state index contributed by atoms with van der Waals surface area (Å²) in [5.41, 5.74) is 8.44. The molecule has 0 spiro atoms. The molecule has 80 valence electrons. The molecule has 1 aliphatic rings. The Kier molecular flexibility index (Phi) is 5.42. The van der Waals surface area contributed by atoms with Crippen molar-refractivity contribution in [3.63, 3.8) is 0 Å². The van der Waals surface area contributed by atoms with Crippen LogP contribution in [0.4, 0.5) is 0 Å². The Hall–Kier alpha value is -0.730. The minimum atomic E-state index is 0.186. The lowest BCUT2D eigenvalue weighted by Gasteiger charge is -2.29. The first-order valence-electron chi connectivity index (χ1n) is 5.66. The Balaban J connectivity index is 2.33. The summed E-state index contributed by atoms with van der Waals surface area (Å²) < 4.78 is 0. The summed E-state index contributed by atoms with van der Waals surface area (Å²) in [6, 6.07) is 0.608. The normalized spacial score (nSPS) is 26.9. The minimum absolute atomic E-state index is 0.186. The minimum Gasteiger partial charge on any atom is -0.314 e. The van der Waals surface area contributed by atoms with Crippen LogP contribution < -0.4 is 5.32 Å². The van der Waals surface area contributed by atoms with E-state index in [0.29, 0.717) is 6.04 Å². The van der Waals surface area contributed by atoms with E-state index in [2.05, 4.69) is 22.3 Å². The molecule has 0 aliphatic heterocycles. The fourth-order valence-electron chi connectivity index (χ4n) is 2.02. The van der Waals surface area contributed by atoms with Gasteiger partial charge in [0.05, 0.1) is 6.04 Å². The maximum Gasteiger partial charge on any atom is 0.0527 e. The number of hydrogen-bond donors (Lipinski definition) is 1. The van der Waals surface area contributed by atoms with Gasteiger partial charge in [0.25, 0.3) is 0 Å². The van der Waals surface area contributed by atoms with E-state index < -0.39 is 0 Å². The fourth-order valence-corrected chi connectivity index (χ4v) is 2.02. The van der Waals surface area contributed by atoms with Crippen molar-refractivity contribution >= 4 is 0 Å². The molecule has 0 aromatic carbocycles. The molecule has 0 bridgehead atoms. The summed E-state index contributed by atoms with van der Waals surface area (Å²) in [6.45, 7) is 3.24. The summed E-state index contributed by atoms with van der Waals surface area (Å²) >= 11 is 0. The predicted molar refractivity (Wildman–Crippen MR) is 58.1 cm³/mol. The standard InChI is InChI=1S/C10H20N4/c1-2-3-8-12-9-6-4-5-7-10(9)13-14-11/h9-10,12H,2-8H2,1H3/t9-,10-/m1/s1. The van der Waals surface area contributed by atoms with Crippen molar-refractivity contribution in [2.24, 2.45) is 5.11 Å². The molecule has 4 heteroatoms. The molecular weight excluding hydrogens is 176 g/mol. The van der Waals surface area contributed by atoms with E-state index in [1.807, 2.05) is 0 Å². The van der Waals surface area contributed by atoms with Crippen LogP contribution >= 0.6 is 0 Å². The second kappa shape index (κ2) is 6.68. The number of hydrogen-bond acceptors (Lipinski definition) is 2. The number of rotatable bonds is 5. The number of nitrogens with one attached hydrogen (secondary N) is 1. The molecule has 0 heterocycles. The highest BCUT2D eigenvalue weighted by atomic mass is 15.2. The molecule has 0 unspecified atom stereocenters. The first kappa shape index (κ1) is 11.3. The van der Waals surface area contributed by atoms with Gasteiger partial charge in [-0.3, -0.25) is 0 Å². The molecule has 1 rings (SSSR count). The molecule has 0 amide bonds. The predicted octanol–water partition coefficient (Wildman–Crippen LogP) is 3.00. The van der Waals surface area contributed by atoms with Crippen molar-refractivity contribution in [2.45, 2.75) is 57.5 Å². The lowest BCUT2D eigenvalue weighted by atomic mass is 9.91. The van der Waals surface area contributed by atoms with Gasteiger partial charge in [-0.15, -0.1) is 0 Å². The molecule has 0 aromatic heterocycles. The largest absolute Gasteiger partial charge is 0.314 e. The second-order valence-corrected chi connectivity index (χ2v) is 3.97. The average molecular weight is 196 g/mol. The summed E-state index contributed by atoms with van der Waals surface area (Å²) in [4.78, 5) is 2.92. The Morgan fingerprint density at radius 2 is 2.21 bits per heavy atom. The molecule has 0 radical (unpaired) electrons. The molecule has 1 aliphatic carbocycles. The topological polar surface area (TPSA) is 60.8 Å². The summed E-state index contributed by atoms with van der Waals surface area (Å²) in [7, 11) is 0. The lowest BCUT2D eigenvalue weighted by Crippen LogP contribution is -2.41. The SMILES string of the molecule is CCCCN[C@@H]1CCCC[C@H]1N=[N+]=[N-]. The quantitative estimate of drug-likeness (QED) is 0.312. The van der Waals surface area contributed by atoms with Crippen LogP contribution in [0.15, 0.2) is 5.11 Å². The van der Waals surface area contributed by atoms with Crippen LogP contribution in [0.1, 0.15) is 45.4 Å². The van der Waals surface area contributed by atoms with E-state index in [9.17, 15) is 0 Å². The van der Waals surface area contributed by atoms with E-state index in [0.717, 1.165) is 19.4 Å². The zero-order valence-corrected chi connectivity index (χ0v) is 8.95. The van der Waals surface area contributed by atoms with Crippen molar-refractivity contribution in [1.29, 1.82) is 0 Å². The Morgan fingerprint density at radius 3 is 2.93 bits per heavy atom. The van der Waals surface area contributed by atoms with Crippen molar-refractivity contribution in [3.8, 4) is 0 Å². The molecule has 2 atom stereocenters. The van der Waals surface area contributed by atoms with E-state index >= 15 is 0 Å². The first-order chi connectivity index (χ1) is 6.88. The third-order valence-corrected chi connectivity index (χ3v) is 2.87. The Bertz CT molecular complexity index is 198. The monoisotopic (exact) mass is 196 g/mol. The Labute approximate surface area is 85.7 Å². The fraction of sp³-hybridized carbons (Fsp3) is 1.00. The van der Waals surface area contributed by atoms with Crippen molar-refractivity contribution in [1.82, 2.24) is 5.32 Å². The molecule has 14 heavy (non-hydrogen) atoms. The molecule has 1 N–H and O–H groups in total. The van der Waals surface area contributed by atoms with Gasteiger partial charge in [-0.05, 0) is 31.3 Å². The van der Waals surface area contributed by atoms with Crippen LogP contribution in [0.2, 0.25) is 0 Å². The van der Waals surface area contributed by atoms with Gasteiger partial charge >= 0.3 is 0 Å². The van der Waals surface area contributed by atoms with E-state index in [1.165, 1.54) is 25.7 Å². The molecular formula is C10H20N4. The zero-order chi connectivity index (χ0) is 10.2. The number of nitrogens with zero attached hydrogens (tertiary/aromatic N) is 3. The van der Waals surface area contributed by atoms with Crippen LogP contribution in [0.25, 0.3) is 10.4 Å².